The third-order valence-corrected chi connectivity index (χ3v) is 5.83. The van der Waals surface area contributed by atoms with E-state index in [4.69, 9.17) is 11.6 Å². The Kier molecular flexibility index (Phi) is 5.09. The molecule has 3 nitrogen and oxygen atoms in total. The third kappa shape index (κ3) is 3.55. The second kappa shape index (κ2) is 7.03. The highest BCUT2D eigenvalue weighted by Gasteiger charge is 2.33. The van der Waals surface area contributed by atoms with Gasteiger partial charge in [0.1, 0.15) is 5.37 Å². The first kappa shape index (κ1) is 15.2. The van der Waals surface area contributed by atoms with Crippen LogP contribution in [0.4, 0.5) is 0 Å². The number of likely N-dealkylation sites (tertiary alicyclic amines) is 1. The van der Waals surface area contributed by atoms with Crippen LogP contribution >= 0.6 is 23.4 Å². The van der Waals surface area contributed by atoms with Crippen molar-refractivity contribution in [3.8, 4) is 0 Å². The smallest absolute Gasteiger partial charge is 0.233 e. The Morgan fingerprint density at radius 3 is 2.67 bits per heavy atom. The summed E-state index contributed by atoms with van der Waals surface area (Å²) in [5.74, 6) is 0.803. The van der Waals surface area contributed by atoms with Crippen LogP contribution in [0.2, 0.25) is 5.02 Å². The summed E-state index contributed by atoms with van der Waals surface area (Å²) in [6.45, 7) is 4.13. The van der Waals surface area contributed by atoms with Crippen LogP contribution in [0.5, 0.6) is 0 Å². The van der Waals surface area contributed by atoms with Gasteiger partial charge in [-0.05, 0) is 32.0 Å². The summed E-state index contributed by atoms with van der Waals surface area (Å²) in [5, 5.41) is 0.837. The van der Waals surface area contributed by atoms with Gasteiger partial charge in [-0.3, -0.25) is 4.79 Å². The number of carbonyl (C=O) groups is 1. The number of hydrogen-bond acceptors (Lipinski definition) is 3. The standard InChI is InChI=1S/C16H21ClN2OS/c17-14-7-3-2-6-13(14)16-19(15(20)12-21-16)11-10-18-8-4-1-5-9-18/h2-3,6-7,16H,1,4-5,8-12H2. The SMILES string of the molecule is O=C1CSC(c2ccccc2Cl)N1CCN1CCCCC1. The summed E-state index contributed by atoms with van der Waals surface area (Å²) in [7, 11) is 0. The molecule has 2 aliphatic rings. The summed E-state index contributed by atoms with van der Waals surface area (Å²) in [4.78, 5) is 16.7. The van der Waals surface area contributed by atoms with Gasteiger partial charge in [0.2, 0.25) is 5.91 Å². The third-order valence-electron chi connectivity index (χ3n) is 4.25. The first-order valence-electron chi connectivity index (χ1n) is 7.63. The van der Waals surface area contributed by atoms with Crippen molar-refractivity contribution in [2.24, 2.45) is 0 Å². The quantitative estimate of drug-likeness (QED) is 0.848. The molecule has 2 heterocycles. The number of carbonyl (C=O) groups excluding carboxylic acids is 1. The van der Waals surface area contributed by atoms with Crippen LogP contribution in [0.15, 0.2) is 24.3 Å². The summed E-state index contributed by atoms with van der Waals surface area (Å²) in [6, 6.07) is 7.87. The minimum atomic E-state index is 0.0796. The van der Waals surface area contributed by atoms with Crippen molar-refractivity contribution < 1.29 is 4.79 Å². The Bertz CT molecular complexity index is 505. The average Bonchev–Trinajstić information content (AvgIpc) is 2.88. The molecule has 2 aliphatic heterocycles. The number of piperidine rings is 1. The van der Waals surface area contributed by atoms with Gasteiger partial charge in [0.25, 0.3) is 0 Å². The van der Waals surface area contributed by atoms with Gasteiger partial charge in [-0.2, -0.15) is 0 Å². The predicted octanol–water partition coefficient (Wildman–Crippen LogP) is 3.40. The minimum absolute atomic E-state index is 0.0796. The van der Waals surface area contributed by atoms with Gasteiger partial charge >= 0.3 is 0 Å². The molecular weight excluding hydrogens is 304 g/mol. The average molecular weight is 325 g/mol. The van der Waals surface area contributed by atoms with Crippen molar-refractivity contribution in [2.45, 2.75) is 24.6 Å². The lowest BCUT2D eigenvalue weighted by Gasteiger charge is -2.30. The van der Waals surface area contributed by atoms with E-state index >= 15 is 0 Å². The molecule has 21 heavy (non-hydrogen) atoms. The van der Waals surface area contributed by atoms with Gasteiger partial charge in [-0.25, -0.2) is 0 Å². The zero-order chi connectivity index (χ0) is 14.7. The lowest BCUT2D eigenvalue weighted by Crippen LogP contribution is -2.39. The Balaban J connectivity index is 1.66. The number of halogens is 1. The molecule has 114 valence electrons. The summed E-state index contributed by atoms with van der Waals surface area (Å²) in [6.07, 6.45) is 3.92. The van der Waals surface area contributed by atoms with E-state index in [-0.39, 0.29) is 11.3 Å². The molecule has 3 rings (SSSR count). The first-order valence-corrected chi connectivity index (χ1v) is 9.06. The van der Waals surface area contributed by atoms with Crippen LogP contribution in [0, 0.1) is 0 Å². The molecule has 0 aromatic heterocycles. The van der Waals surface area contributed by atoms with Crippen LogP contribution in [-0.2, 0) is 4.79 Å². The highest BCUT2D eigenvalue weighted by atomic mass is 35.5. The van der Waals surface area contributed by atoms with E-state index in [0.717, 1.165) is 23.7 Å². The van der Waals surface area contributed by atoms with Crippen molar-refractivity contribution in [3.63, 3.8) is 0 Å². The monoisotopic (exact) mass is 324 g/mol. The van der Waals surface area contributed by atoms with E-state index in [0.29, 0.717) is 5.75 Å². The van der Waals surface area contributed by atoms with Gasteiger partial charge < -0.3 is 9.80 Å². The second-order valence-electron chi connectivity index (χ2n) is 5.67. The van der Waals surface area contributed by atoms with E-state index < -0.39 is 0 Å². The van der Waals surface area contributed by atoms with Crippen molar-refractivity contribution in [3.05, 3.63) is 34.9 Å². The molecule has 0 saturated carbocycles. The summed E-state index contributed by atoms with van der Waals surface area (Å²) < 4.78 is 0. The van der Waals surface area contributed by atoms with E-state index in [1.165, 1.54) is 32.4 Å². The van der Waals surface area contributed by atoms with E-state index in [2.05, 4.69) is 4.90 Å². The first-order chi connectivity index (χ1) is 10.3. The van der Waals surface area contributed by atoms with Crippen molar-refractivity contribution in [1.82, 2.24) is 9.80 Å². The maximum absolute atomic E-state index is 12.2. The summed E-state index contributed by atoms with van der Waals surface area (Å²) in [5.41, 5.74) is 1.06. The number of hydrogen-bond donors (Lipinski definition) is 0. The maximum Gasteiger partial charge on any atom is 0.233 e. The van der Waals surface area contributed by atoms with Crippen LogP contribution in [0.3, 0.4) is 0 Å². The zero-order valence-electron chi connectivity index (χ0n) is 12.1. The molecule has 1 aromatic rings. The molecule has 0 bridgehead atoms. The Labute approximate surface area is 135 Å². The van der Waals surface area contributed by atoms with Crippen LogP contribution in [0.25, 0.3) is 0 Å². The Morgan fingerprint density at radius 2 is 1.90 bits per heavy atom. The fraction of sp³-hybridized carbons (Fsp3) is 0.562. The van der Waals surface area contributed by atoms with Gasteiger partial charge in [0, 0.05) is 23.7 Å². The highest BCUT2D eigenvalue weighted by Crippen LogP contribution is 2.41. The Hall–Kier alpha value is -0.710. The molecule has 0 aliphatic carbocycles. The Morgan fingerprint density at radius 1 is 1.14 bits per heavy atom. The summed E-state index contributed by atoms with van der Waals surface area (Å²) >= 11 is 7.99. The van der Waals surface area contributed by atoms with E-state index in [1.54, 1.807) is 11.8 Å². The lowest BCUT2D eigenvalue weighted by atomic mass is 10.1. The number of amides is 1. The molecule has 5 heteroatoms. The van der Waals surface area contributed by atoms with E-state index in [1.807, 2.05) is 29.2 Å². The van der Waals surface area contributed by atoms with Crippen LogP contribution in [-0.4, -0.2) is 47.6 Å². The largest absolute Gasteiger partial charge is 0.324 e. The highest BCUT2D eigenvalue weighted by molar-refractivity contribution is 8.00. The predicted molar refractivity (Wildman–Crippen MR) is 88.7 cm³/mol. The maximum atomic E-state index is 12.2. The number of thioether (sulfide) groups is 1. The van der Waals surface area contributed by atoms with Gasteiger partial charge in [0.15, 0.2) is 0 Å². The van der Waals surface area contributed by atoms with Gasteiger partial charge in [-0.1, -0.05) is 36.2 Å². The molecule has 0 spiro atoms. The molecule has 1 aromatic carbocycles. The molecular formula is C16H21ClN2OS. The molecule has 2 fully saturated rings. The van der Waals surface area contributed by atoms with Crippen molar-refractivity contribution in [2.75, 3.05) is 31.9 Å². The molecule has 0 N–H and O–H groups in total. The number of benzene rings is 1. The lowest BCUT2D eigenvalue weighted by molar-refractivity contribution is -0.128. The van der Waals surface area contributed by atoms with Crippen LogP contribution < -0.4 is 0 Å². The zero-order valence-corrected chi connectivity index (χ0v) is 13.7. The van der Waals surface area contributed by atoms with Crippen molar-refractivity contribution in [1.29, 1.82) is 0 Å². The normalized spacial score (nSPS) is 23.8. The molecule has 0 radical (unpaired) electrons. The van der Waals surface area contributed by atoms with E-state index in [9.17, 15) is 4.79 Å². The fourth-order valence-electron chi connectivity index (χ4n) is 3.06. The van der Waals surface area contributed by atoms with Crippen molar-refractivity contribution >= 4 is 29.3 Å². The minimum Gasteiger partial charge on any atom is -0.324 e. The second-order valence-corrected chi connectivity index (χ2v) is 7.15. The molecule has 1 atom stereocenters. The van der Waals surface area contributed by atoms with Gasteiger partial charge in [0.05, 0.1) is 5.75 Å². The molecule has 1 unspecified atom stereocenters. The topological polar surface area (TPSA) is 23.6 Å². The number of nitrogens with zero attached hydrogens (tertiary/aromatic N) is 2. The number of rotatable bonds is 4. The molecule has 2 saturated heterocycles. The van der Waals surface area contributed by atoms with Crippen LogP contribution in [0.1, 0.15) is 30.2 Å². The fourth-order valence-corrected chi connectivity index (χ4v) is 4.62. The molecule has 1 amide bonds. The van der Waals surface area contributed by atoms with Gasteiger partial charge in [-0.15, -0.1) is 11.8 Å².